The number of rotatable bonds is 7. The highest BCUT2D eigenvalue weighted by molar-refractivity contribution is 5.82. The van der Waals surface area contributed by atoms with E-state index in [1.54, 1.807) is 26.0 Å². The summed E-state index contributed by atoms with van der Waals surface area (Å²) in [6.45, 7) is 10.6. The SMILES string of the molecule is CC[C@@H](OC(C)=O)[C@@H](C)C1O[C@@](Oc2ccc3c(C)cc(=O)oc3c2)(C(=O)OC)C(O)[C@@H](C)[C@H]1C. The van der Waals surface area contributed by atoms with Gasteiger partial charge in [0.15, 0.2) is 0 Å². The molecule has 0 bridgehead atoms. The fraction of sp³-hybridized carbons (Fsp3) is 0.577. The number of aliphatic hydroxyl groups is 1. The van der Waals surface area contributed by atoms with Crippen molar-refractivity contribution in [3.63, 3.8) is 0 Å². The molecule has 192 valence electrons. The van der Waals surface area contributed by atoms with Gasteiger partial charge in [-0.05, 0) is 42.9 Å². The molecule has 0 amide bonds. The molecule has 1 aromatic heterocycles. The summed E-state index contributed by atoms with van der Waals surface area (Å²) in [5.74, 6) is -4.33. The Morgan fingerprint density at radius 2 is 1.89 bits per heavy atom. The van der Waals surface area contributed by atoms with Crippen LogP contribution in [0.1, 0.15) is 46.6 Å². The summed E-state index contributed by atoms with van der Waals surface area (Å²) in [7, 11) is 1.18. The van der Waals surface area contributed by atoms with Crippen LogP contribution >= 0.6 is 0 Å². The van der Waals surface area contributed by atoms with E-state index in [9.17, 15) is 19.5 Å². The number of benzene rings is 1. The van der Waals surface area contributed by atoms with Crippen LogP contribution in [0.3, 0.4) is 0 Å². The molecule has 2 heterocycles. The Bertz CT molecular complexity index is 1140. The zero-order valence-corrected chi connectivity index (χ0v) is 21.2. The predicted molar refractivity (Wildman–Crippen MR) is 127 cm³/mol. The summed E-state index contributed by atoms with van der Waals surface area (Å²) in [6.07, 6.45) is -1.91. The number of aliphatic hydroxyl groups excluding tert-OH is 1. The first-order chi connectivity index (χ1) is 16.4. The number of carbonyl (C=O) groups excluding carboxylic acids is 2. The van der Waals surface area contributed by atoms with Crippen LogP contribution in [0, 0.1) is 24.7 Å². The van der Waals surface area contributed by atoms with Gasteiger partial charge < -0.3 is 28.5 Å². The lowest BCUT2D eigenvalue weighted by Crippen LogP contribution is -2.67. The van der Waals surface area contributed by atoms with E-state index in [-0.39, 0.29) is 23.2 Å². The topological polar surface area (TPSA) is 122 Å². The third kappa shape index (κ3) is 5.06. The van der Waals surface area contributed by atoms with Gasteiger partial charge in [-0.2, -0.15) is 0 Å². The fourth-order valence-corrected chi connectivity index (χ4v) is 4.87. The number of hydrogen-bond donors (Lipinski definition) is 1. The Morgan fingerprint density at radius 3 is 2.49 bits per heavy atom. The van der Waals surface area contributed by atoms with E-state index in [2.05, 4.69) is 0 Å². The number of fused-ring (bicyclic) bond motifs is 1. The van der Waals surface area contributed by atoms with Gasteiger partial charge in [-0.25, -0.2) is 9.59 Å². The second-order valence-corrected chi connectivity index (χ2v) is 9.33. The number of methoxy groups -OCH3 is 1. The van der Waals surface area contributed by atoms with Crippen LogP contribution in [0.25, 0.3) is 11.0 Å². The summed E-state index contributed by atoms with van der Waals surface area (Å²) in [5, 5.41) is 12.0. The summed E-state index contributed by atoms with van der Waals surface area (Å²) in [5.41, 5.74) is 0.480. The van der Waals surface area contributed by atoms with Crippen LogP contribution in [-0.4, -0.2) is 48.3 Å². The molecule has 0 saturated carbocycles. The number of carbonyl (C=O) groups is 2. The molecule has 0 aliphatic carbocycles. The molecule has 9 heteroatoms. The standard InChI is InChI=1S/C26H34O9/c1-8-20(32-17(6)27)16(5)23-14(3)15(4)24(29)26(35-23,25(30)31-7)34-18-9-10-19-13(2)11-22(28)33-21(19)12-18/h9-12,14-16,20,23-24,29H,8H2,1-7H3/t14-,15+,16-,20-,23?,24?,26-/m1/s1. The van der Waals surface area contributed by atoms with E-state index in [1.807, 2.05) is 20.8 Å². The molecule has 3 rings (SSSR count). The fourth-order valence-electron chi connectivity index (χ4n) is 4.87. The van der Waals surface area contributed by atoms with Crippen molar-refractivity contribution in [2.45, 2.75) is 72.1 Å². The maximum absolute atomic E-state index is 13.1. The van der Waals surface area contributed by atoms with Crippen LogP contribution in [0.2, 0.25) is 0 Å². The van der Waals surface area contributed by atoms with E-state index < -0.39 is 47.6 Å². The van der Waals surface area contributed by atoms with Gasteiger partial charge in [0.2, 0.25) is 0 Å². The van der Waals surface area contributed by atoms with E-state index >= 15 is 0 Å². The predicted octanol–water partition coefficient (Wildman–Crippen LogP) is 3.36. The average molecular weight is 491 g/mol. The van der Waals surface area contributed by atoms with Crippen molar-refractivity contribution in [1.29, 1.82) is 0 Å². The van der Waals surface area contributed by atoms with Crippen LogP contribution in [0.15, 0.2) is 33.5 Å². The first-order valence-electron chi connectivity index (χ1n) is 11.8. The Balaban J connectivity index is 2.06. The first-order valence-corrected chi connectivity index (χ1v) is 11.8. The number of hydrogen-bond acceptors (Lipinski definition) is 9. The highest BCUT2D eigenvalue weighted by Crippen LogP contribution is 2.43. The van der Waals surface area contributed by atoms with Crippen LogP contribution in [0.5, 0.6) is 5.75 Å². The van der Waals surface area contributed by atoms with Crippen molar-refractivity contribution in [3.05, 3.63) is 40.2 Å². The smallest absolute Gasteiger partial charge is 0.382 e. The highest BCUT2D eigenvalue weighted by atomic mass is 16.7. The van der Waals surface area contributed by atoms with E-state index in [4.69, 9.17) is 23.4 Å². The minimum Gasteiger partial charge on any atom is -0.464 e. The van der Waals surface area contributed by atoms with Gasteiger partial charge in [0.25, 0.3) is 0 Å². The molecule has 1 aliphatic heterocycles. The molecule has 1 N–H and O–H groups in total. The van der Waals surface area contributed by atoms with Crippen molar-refractivity contribution in [3.8, 4) is 5.75 Å². The molecule has 1 aliphatic rings. The molecule has 0 spiro atoms. The van der Waals surface area contributed by atoms with Crippen molar-refractivity contribution in [2.75, 3.05) is 7.11 Å². The number of aryl methyl sites for hydroxylation is 1. The minimum absolute atomic E-state index is 0.149. The number of ether oxygens (including phenoxy) is 4. The third-order valence-corrected chi connectivity index (χ3v) is 7.03. The van der Waals surface area contributed by atoms with Gasteiger partial charge in [0.05, 0.1) is 13.2 Å². The molecular formula is C26H34O9. The number of esters is 2. The highest BCUT2D eigenvalue weighted by Gasteiger charge is 2.61. The van der Waals surface area contributed by atoms with Gasteiger partial charge in [-0.3, -0.25) is 4.79 Å². The molecule has 35 heavy (non-hydrogen) atoms. The monoisotopic (exact) mass is 490 g/mol. The van der Waals surface area contributed by atoms with Crippen molar-refractivity contribution in [2.24, 2.45) is 17.8 Å². The Kier molecular flexibility index (Phi) is 7.91. The second kappa shape index (κ2) is 10.4. The molecule has 1 saturated heterocycles. The van der Waals surface area contributed by atoms with Gasteiger partial charge in [-0.15, -0.1) is 0 Å². The Hall–Kier alpha value is -2.91. The lowest BCUT2D eigenvalue weighted by Gasteiger charge is -2.50. The molecule has 0 radical (unpaired) electrons. The molecule has 2 aromatic rings. The van der Waals surface area contributed by atoms with Crippen molar-refractivity contribution in [1.82, 2.24) is 0 Å². The van der Waals surface area contributed by atoms with Crippen molar-refractivity contribution >= 4 is 22.9 Å². The maximum Gasteiger partial charge on any atom is 0.382 e. The zero-order chi connectivity index (χ0) is 26.1. The van der Waals surface area contributed by atoms with Gasteiger partial charge in [0.1, 0.15) is 23.5 Å². The minimum atomic E-state index is -2.19. The van der Waals surface area contributed by atoms with Crippen LogP contribution in [-0.2, 0) is 23.8 Å². The normalized spacial score (nSPS) is 28.2. The van der Waals surface area contributed by atoms with Crippen LogP contribution in [0.4, 0.5) is 0 Å². The first kappa shape index (κ1) is 26.7. The molecule has 1 fully saturated rings. The summed E-state index contributed by atoms with van der Waals surface area (Å²) in [4.78, 5) is 36.6. The summed E-state index contributed by atoms with van der Waals surface area (Å²) in [6, 6.07) is 6.16. The van der Waals surface area contributed by atoms with Crippen molar-refractivity contribution < 1.29 is 38.1 Å². The summed E-state index contributed by atoms with van der Waals surface area (Å²) >= 11 is 0. The Morgan fingerprint density at radius 1 is 1.20 bits per heavy atom. The average Bonchev–Trinajstić information content (AvgIpc) is 2.81. The van der Waals surface area contributed by atoms with Gasteiger partial charge >= 0.3 is 23.4 Å². The molecule has 1 aromatic carbocycles. The Labute approximate surface area is 204 Å². The molecule has 7 atom stereocenters. The van der Waals surface area contributed by atoms with E-state index in [0.717, 1.165) is 5.56 Å². The third-order valence-electron chi connectivity index (χ3n) is 7.03. The quantitative estimate of drug-likeness (QED) is 0.460. The van der Waals surface area contributed by atoms with E-state index in [0.29, 0.717) is 11.8 Å². The summed E-state index contributed by atoms with van der Waals surface area (Å²) < 4.78 is 28.2. The second-order valence-electron chi connectivity index (χ2n) is 9.33. The maximum atomic E-state index is 13.1. The van der Waals surface area contributed by atoms with Gasteiger partial charge in [0, 0.05) is 30.4 Å². The largest absolute Gasteiger partial charge is 0.464 e. The zero-order valence-electron chi connectivity index (χ0n) is 21.2. The molecule has 2 unspecified atom stereocenters. The molecular weight excluding hydrogens is 456 g/mol. The lowest BCUT2D eigenvalue weighted by molar-refractivity contribution is -0.315. The van der Waals surface area contributed by atoms with Gasteiger partial charge in [-0.1, -0.05) is 27.7 Å². The lowest BCUT2D eigenvalue weighted by atomic mass is 9.74. The molecule has 9 nitrogen and oxygen atoms in total. The van der Waals surface area contributed by atoms with Crippen LogP contribution < -0.4 is 10.4 Å². The van der Waals surface area contributed by atoms with E-state index in [1.165, 1.54) is 26.2 Å².